The van der Waals surface area contributed by atoms with Gasteiger partial charge in [0.25, 0.3) is 0 Å². The summed E-state index contributed by atoms with van der Waals surface area (Å²) in [5.74, 6) is 0.560. The standard InChI is InChI=1S/C15H20FNO/c1-12(18)17-10-4-5-13(11-17)8-9-14-6-2-3-7-15(14)16/h2-3,6-7,13H,4-5,8-11H2,1H3/t13-/m0/s1. The fourth-order valence-electron chi connectivity index (χ4n) is 2.65. The van der Waals surface area contributed by atoms with Crippen molar-refractivity contribution in [2.75, 3.05) is 13.1 Å². The fourth-order valence-corrected chi connectivity index (χ4v) is 2.65. The zero-order valence-electron chi connectivity index (χ0n) is 10.9. The van der Waals surface area contributed by atoms with E-state index in [4.69, 9.17) is 0 Å². The van der Waals surface area contributed by atoms with Crippen molar-refractivity contribution < 1.29 is 9.18 Å². The van der Waals surface area contributed by atoms with Gasteiger partial charge in [-0.2, -0.15) is 0 Å². The minimum absolute atomic E-state index is 0.114. The van der Waals surface area contributed by atoms with Crippen molar-refractivity contribution >= 4 is 5.91 Å². The first-order chi connectivity index (χ1) is 8.66. The molecule has 0 bridgehead atoms. The molecule has 0 aromatic heterocycles. The molecule has 0 unspecified atom stereocenters. The van der Waals surface area contributed by atoms with E-state index in [9.17, 15) is 9.18 Å². The van der Waals surface area contributed by atoms with Crippen LogP contribution >= 0.6 is 0 Å². The Balaban J connectivity index is 1.87. The van der Waals surface area contributed by atoms with E-state index < -0.39 is 0 Å². The first-order valence-corrected chi connectivity index (χ1v) is 6.65. The Hall–Kier alpha value is -1.38. The second-order valence-electron chi connectivity index (χ2n) is 5.10. The molecule has 0 spiro atoms. The van der Waals surface area contributed by atoms with Gasteiger partial charge in [-0.1, -0.05) is 18.2 Å². The normalized spacial score (nSPS) is 19.9. The topological polar surface area (TPSA) is 20.3 Å². The highest BCUT2D eigenvalue weighted by molar-refractivity contribution is 5.73. The Labute approximate surface area is 108 Å². The molecule has 1 saturated heterocycles. The molecule has 1 fully saturated rings. The number of benzene rings is 1. The third-order valence-corrected chi connectivity index (χ3v) is 3.74. The van der Waals surface area contributed by atoms with Crippen LogP contribution < -0.4 is 0 Å². The molecule has 0 N–H and O–H groups in total. The van der Waals surface area contributed by atoms with Crippen LogP contribution in [0.4, 0.5) is 4.39 Å². The number of amides is 1. The first kappa shape index (κ1) is 13.1. The van der Waals surface area contributed by atoms with Gasteiger partial charge in [0.2, 0.25) is 5.91 Å². The maximum atomic E-state index is 13.5. The number of aryl methyl sites for hydroxylation is 1. The molecule has 1 aliphatic rings. The Kier molecular flexibility index (Phi) is 4.34. The van der Waals surface area contributed by atoms with Crippen molar-refractivity contribution in [1.29, 1.82) is 0 Å². The summed E-state index contributed by atoms with van der Waals surface area (Å²) in [6, 6.07) is 6.96. The first-order valence-electron chi connectivity index (χ1n) is 6.65. The average Bonchev–Trinajstić information content (AvgIpc) is 2.38. The second kappa shape index (κ2) is 5.98. The van der Waals surface area contributed by atoms with Gasteiger partial charge in [-0.05, 0) is 43.2 Å². The van der Waals surface area contributed by atoms with E-state index in [0.717, 1.165) is 44.3 Å². The van der Waals surface area contributed by atoms with Gasteiger partial charge < -0.3 is 4.90 Å². The second-order valence-corrected chi connectivity index (χ2v) is 5.10. The Morgan fingerprint density at radius 1 is 1.44 bits per heavy atom. The Morgan fingerprint density at radius 2 is 2.22 bits per heavy atom. The number of piperidine rings is 1. The lowest BCUT2D eigenvalue weighted by molar-refractivity contribution is -0.130. The van der Waals surface area contributed by atoms with Crippen molar-refractivity contribution in [1.82, 2.24) is 4.90 Å². The summed E-state index contributed by atoms with van der Waals surface area (Å²) < 4.78 is 13.5. The monoisotopic (exact) mass is 249 g/mol. The fraction of sp³-hybridized carbons (Fsp3) is 0.533. The SMILES string of the molecule is CC(=O)N1CCC[C@@H](CCc2ccccc2F)C1. The molecule has 0 radical (unpaired) electrons. The molecule has 0 aliphatic carbocycles. The lowest BCUT2D eigenvalue weighted by Gasteiger charge is -2.32. The molecule has 2 nitrogen and oxygen atoms in total. The number of halogens is 1. The summed E-state index contributed by atoms with van der Waals surface area (Å²) in [6.45, 7) is 3.34. The molecule has 1 aromatic rings. The zero-order valence-corrected chi connectivity index (χ0v) is 10.9. The highest BCUT2D eigenvalue weighted by Crippen LogP contribution is 2.22. The number of nitrogens with zero attached hydrogens (tertiary/aromatic N) is 1. The van der Waals surface area contributed by atoms with Crippen LogP contribution in [-0.2, 0) is 11.2 Å². The number of likely N-dealkylation sites (tertiary alicyclic amines) is 1. The number of hydrogen-bond donors (Lipinski definition) is 0. The van der Waals surface area contributed by atoms with Gasteiger partial charge in [0.15, 0.2) is 0 Å². The third kappa shape index (κ3) is 3.31. The summed E-state index contributed by atoms with van der Waals surface area (Å²) in [7, 11) is 0. The molecule has 0 saturated carbocycles. The molecule has 1 aliphatic heterocycles. The quantitative estimate of drug-likeness (QED) is 0.806. The van der Waals surface area contributed by atoms with Crippen LogP contribution in [-0.4, -0.2) is 23.9 Å². The van der Waals surface area contributed by atoms with Crippen LogP contribution in [0, 0.1) is 11.7 Å². The minimum Gasteiger partial charge on any atom is -0.343 e. The van der Waals surface area contributed by atoms with Crippen molar-refractivity contribution in [3.05, 3.63) is 35.6 Å². The van der Waals surface area contributed by atoms with E-state index in [1.54, 1.807) is 13.0 Å². The number of carbonyl (C=O) groups is 1. The minimum atomic E-state index is -0.114. The number of rotatable bonds is 3. The maximum absolute atomic E-state index is 13.5. The number of hydrogen-bond acceptors (Lipinski definition) is 1. The van der Waals surface area contributed by atoms with Gasteiger partial charge in [0, 0.05) is 20.0 Å². The van der Waals surface area contributed by atoms with Gasteiger partial charge in [0.05, 0.1) is 0 Å². The number of carbonyl (C=O) groups excluding carboxylic acids is 1. The van der Waals surface area contributed by atoms with Crippen LogP contribution in [0.2, 0.25) is 0 Å². The smallest absolute Gasteiger partial charge is 0.219 e. The van der Waals surface area contributed by atoms with E-state index in [1.165, 1.54) is 6.07 Å². The van der Waals surface area contributed by atoms with Gasteiger partial charge >= 0.3 is 0 Å². The van der Waals surface area contributed by atoms with Crippen LogP contribution in [0.1, 0.15) is 31.7 Å². The zero-order chi connectivity index (χ0) is 13.0. The molecule has 1 atom stereocenters. The Morgan fingerprint density at radius 3 is 2.94 bits per heavy atom. The Bertz CT molecular complexity index is 419. The van der Waals surface area contributed by atoms with E-state index in [-0.39, 0.29) is 11.7 Å². The summed E-state index contributed by atoms with van der Waals surface area (Å²) in [5, 5.41) is 0. The predicted octanol–water partition coefficient (Wildman–Crippen LogP) is 3.02. The molecule has 1 heterocycles. The van der Waals surface area contributed by atoms with Crippen molar-refractivity contribution in [3.8, 4) is 0 Å². The lowest BCUT2D eigenvalue weighted by atomic mass is 9.91. The lowest BCUT2D eigenvalue weighted by Crippen LogP contribution is -2.38. The molecule has 3 heteroatoms. The van der Waals surface area contributed by atoms with Crippen LogP contribution in [0.15, 0.2) is 24.3 Å². The third-order valence-electron chi connectivity index (χ3n) is 3.74. The van der Waals surface area contributed by atoms with Gasteiger partial charge in [-0.15, -0.1) is 0 Å². The largest absolute Gasteiger partial charge is 0.343 e. The molecule has 2 rings (SSSR count). The molecule has 1 amide bonds. The molecule has 1 aromatic carbocycles. The van der Waals surface area contributed by atoms with Crippen molar-refractivity contribution in [2.45, 2.75) is 32.6 Å². The average molecular weight is 249 g/mol. The summed E-state index contributed by atoms with van der Waals surface area (Å²) in [6.07, 6.45) is 3.95. The van der Waals surface area contributed by atoms with Crippen LogP contribution in [0.5, 0.6) is 0 Å². The highest BCUT2D eigenvalue weighted by Gasteiger charge is 2.21. The van der Waals surface area contributed by atoms with Crippen LogP contribution in [0.3, 0.4) is 0 Å². The van der Waals surface area contributed by atoms with Gasteiger partial charge in [0.1, 0.15) is 5.82 Å². The predicted molar refractivity (Wildman–Crippen MR) is 69.7 cm³/mol. The van der Waals surface area contributed by atoms with Crippen molar-refractivity contribution in [3.63, 3.8) is 0 Å². The van der Waals surface area contributed by atoms with Crippen molar-refractivity contribution in [2.24, 2.45) is 5.92 Å². The van der Waals surface area contributed by atoms with Crippen LogP contribution in [0.25, 0.3) is 0 Å². The molecular weight excluding hydrogens is 229 g/mol. The molecule has 98 valence electrons. The molecule has 18 heavy (non-hydrogen) atoms. The highest BCUT2D eigenvalue weighted by atomic mass is 19.1. The van der Waals surface area contributed by atoms with E-state index in [2.05, 4.69) is 0 Å². The van der Waals surface area contributed by atoms with E-state index >= 15 is 0 Å². The summed E-state index contributed by atoms with van der Waals surface area (Å²) >= 11 is 0. The van der Waals surface area contributed by atoms with E-state index in [0.29, 0.717) is 5.92 Å². The maximum Gasteiger partial charge on any atom is 0.219 e. The summed E-state index contributed by atoms with van der Waals surface area (Å²) in [4.78, 5) is 13.3. The molecular formula is C15H20FNO. The summed E-state index contributed by atoms with van der Waals surface area (Å²) in [5.41, 5.74) is 0.789. The van der Waals surface area contributed by atoms with Gasteiger partial charge in [-0.3, -0.25) is 4.79 Å². The van der Waals surface area contributed by atoms with Gasteiger partial charge in [-0.25, -0.2) is 4.39 Å². The van der Waals surface area contributed by atoms with E-state index in [1.807, 2.05) is 17.0 Å².